The van der Waals surface area contributed by atoms with Crippen molar-refractivity contribution in [3.8, 4) is 23.6 Å². The molecule has 2 atom stereocenters. The summed E-state index contributed by atoms with van der Waals surface area (Å²) < 4.78 is 24.1. The minimum Gasteiger partial charge on any atom is -0.484 e. The van der Waals surface area contributed by atoms with Gasteiger partial charge in [-0.1, -0.05) is 83.9 Å². The number of rotatable bonds is 16. The highest BCUT2D eigenvalue weighted by atomic mass is 35.5. The summed E-state index contributed by atoms with van der Waals surface area (Å²) in [5.41, 5.74) is 2.87. The van der Waals surface area contributed by atoms with E-state index in [1.807, 2.05) is 60.7 Å². The van der Waals surface area contributed by atoms with Crippen molar-refractivity contribution in [2.75, 3.05) is 39.3 Å². The summed E-state index contributed by atoms with van der Waals surface area (Å²) in [5, 5.41) is 20.2. The van der Waals surface area contributed by atoms with E-state index in [9.17, 15) is 20.1 Å². The molecule has 0 amide bonds. The Labute approximate surface area is 350 Å². The van der Waals surface area contributed by atoms with Crippen LogP contribution in [0.5, 0.6) is 11.5 Å². The molecule has 6 rings (SSSR count). The fraction of sp³-hybridized carbons (Fsp3) is 0.348. The van der Waals surface area contributed by atoms with Crippen LogP contribution in [0.2, 0.25) is 10.0 Å². The average molecular weight is 822 g/mol. The van der Waals surface area contributed by atoms with Gasteiger partial charge in [0, 0.05) is 86.4 Å². The van der Waals surface area contributed by atoms with Crippen LogP contribution in [0.15, 0.2) is 109 Å². The molecule has 2 fully saturated rings. The van der Waals surface area contributed by atoms with Crippen LogP contribution in [0.1, 0.15) is 73.0 Å². The Morgan fingerprint density at radius 2 is 1.00 bits per heavy atom. The van der Waals surface area contributed by atoms with Gasteiger partial charge in [-0.2, -0.15) is 10.5 Å². The number of hydrogen-bond acceptors (Lipinski definition) is 10. The largest absolute Gasteiger partial charge is 0.484 e. The van der Waals surface area contributed by atoms with Gasteiger partial charge in [-0.25, -0.2) is 9.59 Å². The number of ether oxygens (including phenoxy) is 4. The maximum Gasteiger partial charge on any atom is 0.331 e. The molecule has 2 aliphatic heterocycles. The number of piperidine rings is 2. The third-order valence-electron chi connectivity index (χ3n) is 10.4. The molecular weight excluding hydrogens is 775 g/mol. The zero-order valence-corrected chi connectivity index (χ0v) is 33.7. The molecule has 0 aliphatic carbocycles. The van der Waals surface area contributed by atoms with E-state index >= 15 is 0 Å². The van der Waals surface area contributed by atoms with Crippen LogP contribution in [0.3, 0.4) is 0 Å². The summed E-state index contributed by atoms with van der Waals surface area (Å²) in [6.07, 6.45) is 5.32. The van der Waals surface area contributed by atoms with E-state index < -0.39 is 11.9 Å². The highest BCUT2D eigenvalue weighted by Crippen LogP contribution is 2.32. The van der Waals surface area contributed by atoms with Gasteiger partial charge in [-0.15, -0.1) is 0 Å². The molecule has 2 heterocycles. The molecule has 0 unspecified atom stereocenters. The number of carbonyl (C=O) groups excluding carboxylic acids is 2. The molecule has 0 saturated carbocycles. The highest BCUT2D eigenvalue weighted by Gasteiger charge is 2.26. The third kappa shape index (κ3) is 12.6. The van der Waals surface area contributed by atoms with Gasteiger partial charge in [0.2, 0.25) is 0 Å². The maximum absolute atomic E-state index is 12.6. The Bertz CT molecular complexity index is 1940. The molecule has 0 radical (unpaired) electrons. The Morgan fingerprint density at radius 3 is 1.36 bits per heavy atom. The first-order valence-corrected chi connectivity index (χ1v) is 20.4. The quantitative estimate of drug-likeness (QED) is 0.0799. The lowest BCUT2D eigenvalue weighted by Crippen LogP contribution is -2.39. The van der Waals surface area contributed by atoms with Crippen LogP contribution >= 0.6 is 23.2 Å². The van der Waals surface area contributed by atoms with E-state index in [2.05, 4.69) is 21.9 Å². The summed E-state index contributed by atoms with van der Waals surface area (Å²) in [6, 6.07) is 34.2. The van der Waals surface area contributed by atoms with Gasteiger partial charge in [0.05, 0.1) is 11.1 Å². The fourth-order valence-corrected chi connectivity index (χ4v) is 7.57. The van der Waals surface area contributed by atoms with Crippen molar-refractivity contribution in [1.82, 2.24) is 9.80 Å². The minimum atomic E-state index is -0.563. The normalized spacial score (nSPS) is 16.5. The standard InChI is InChI=1S/C46H46Cl2N4O6/c47-37-13-11-35(31-49)43(29-37)57-41(33-7-3-1-4-8-33)21-27-51-23-17-39(18-24-51)55-45(53)15-16-46(54)56-40-19-25-52(26-20-40)28-22-42(34-9-5-2-6-10-34)58-44-30-38(48)14-12-36(44)32-50/h1-16,29-30,39-42H,17-28H2/b16-15+/t41-,42-/m1/s1. The third-order valence-corrected chi connectivity index (χ3v) is 10.9. The van der Waals surface area contributed by atoms with Crippen molar-refractivity contribution < 1.29 is 28.5 Å². The molecule has 0 aromatic heterocycles. The summed E-state index contributed by atoms with van der Waals surface area (Å²) >= 11 is 12.4. The summed E-state index contributed by atoms with van der Waals surface area (Å²) in [7, 11) is 0. The number of nitrogens with zero attached hydrogens (tertiary/aromatic N) is 4. The van der Waals surface area contributed by atoms with Crippen molar-refractivity contribution in [3.05, 3.63) is 142 Å². The van der Waals surface area contributed by atoms with Crippen molar-refractivity contribution in [2.45, 2.75) is 62.9 Å². The second-order valence-electron chi connectivity index (χ2n) is 14.4. The number of likely N-dealkylation sites (tertiary alicyclic amines) is 2. The van der Waals surface area contributed by atoms with Gasteiger partial charge in [-0.3, -0.25) is 0 Å². The lowest BCUT2D eigenvalue weighted by molar-refractivity contribution is -0.148. The van der Waals surface area contributed by atoms with E-state index in [1.165, 1.54) is 0 Å². The van der Waals surface area contributed by atoms with Crippen LogP contribution in [-0.4, -0.2) is 73.2 Å². The van der Waals surface area contributed by atoms with Gasteiger partial charge in [-0.05, 0) is 61.1 Å². The zero-order valence-electron chi connectivity index (χ0n) is 32.2. The van der Waals surface area contributed by atoms with Gasteiger partial charge in [0.1, 0.15) is 48.1 Å². The molecule has 0 N–H and O–H groups in total. The van der Waals surface area contributed by atoms with Crippen LogP contribution in [0.25, 0.3) is 0 Å². The fourth-order valence-electron chi connectivity index (χ4n) is 7.25. The number of esters is 2. The Hall–Kier alpha value is -5.36. The van der Waals surface area contributed by atoms with E-state index in [1.54, 1.807) is 36.4 Å². The molecule has 4 aromatic rings. The van der Waals surface area contributed by atoms with Crippen molar-refractivity contribution in [1.29, 1.82) is 10.5 Å². The smallest absolute Gasteiger partial charge is 0.331 e. The van der Waals surface area contributed by atoms with Gasteiger partial charge >= 0.3 is 11.9 Å². The van der Waals surface area contributed by atoms with Crippen molar-refractivity contribution in [2.24, 2.45) is 0 Å². The number of hydrogen-bond donors (Lipinski definition) is 0. The Morgan fingerprint density at radius 1 is 0.621 bits per heavy atom. The summed E-state index contributed by atoms with van der Waals surface area (Å²) in [4.78, 5) is 29.9. The molecule has 300 valence electrons. The number of nitriles is 2. The first-order chi connectivity index (χ1) is 28.3. The molecule has 10 nitrogen and oxygen atoms in total. The van der Waals surface area contributed by atoms with Crippen LogP contribution < -0.4 is 9.47 Å². The maximum atomic E-state index is 12.6. The van der Waals surface area contributed by atoms with E-state index in [0.717, 1.165) is 62.5 Å². The number of carbonyl (C=O) groups is 2. The molecule has 0 spiro atoms. The molecule has 58 heavy (non-hydrogen) atoms. The minimum absolute atomic E-state index is 0.245. The molecule has 2 saturated heterocycles. The molecule has 0 bridgehead atoms. The van der Waals surface area contributed by atoms with E-state index in [0.29, 0.717) is 71.2 Å². The molecule has 4 aromatic carbocycles. The summed E-state index contributed by atoms with van der Waals surface area (Å²) in [5.74, 6) is -0.217. The van der Waals surface area contributed by atoms with Crippen LogP contribution in [-0.2, 0) is 19.1 Å². The van der Waals surface area contributed by atoms with Crippen LogP contribution in [0, 0.1) is 22.7 Å². The van der Waals surface area contributed by atoms with Crippen molar-refractivity contribution >= 4 is 35.1 Å². The number of benzene rings is 4. The van der Waals surface area contributed by atoms with Crippen LogP contribution in [0.4, 0.5) is 0 Å². The average Bonchev–Trinajstić information content (AvgIpc) is 3.25. The first-order valence-electron chi connectivity index (χ1n) is 19.6. The monoisotopic (exact) mass is 820 g/mol. The second-order valence-corrected chi connectivity index (χ2v) is 15.3. The second kappa shape index (κ2) is 21.4. The lowest BCUT2D eigenvalue weighted by atomic mass is 10.0. The van der Waals surface area contributed by atoms with Gasteiger partial charge < -0.3 is 28.7 Å². The lowest BCUT2D eigenvalue weighted by Gasteiger charge is -2.32. The predicted molar refractivity (Wildman–Crippen MR) is 221 cm³/mol. The van der Waals surface area contributed by atoms with E-state index in [4.69, 9.17) is 42.1 Å². The summed E-state index contributed by atoms with van der Waals surface area (Å²) in [6.45, 7) is 4.49. The van der Waals surface area contributed by atoms with Gasteiger partial charge in [0.25, 0.3) is 0 Å². The number of halogens is 2. The highest BCUT2D eigenvalue weighted by molar-refractivity contribution is 6.31. The molecule has 12 heteroatoms. The Balaban J connectivity index is 0.898. The first kappa shape index (κ1) is 42.3. The zero-order chi connectivity index (χ0) is 40.7. The topological polar surface area (TPSA) is 125 Å². The molecular formula is C46H46Cl2N4O6. The van der Waals surface area contributed by atoms with Gasteiger partial charge in [0.15, 0.2) is 0 Å². The van der Waals surface area contributed by atoms with Crippen molar-refractivity contribution in [3.63, 3.8) is 0 Å². The molecule has 2 aliphatic rings. The Kier molecular flexibility index (Phi) is 15.6. The SMILES string of the molecule is N#Cc1ccc(Cl)cc1O[C@H](CCN1CCC(OC(=O)/C=C/C(=O)OC2CCN(CC[C@@H](Oc3cc(Cl)ccc3C#N)c3ccccc3)CC2)CC1)c1ccccc1. The van der Waals surface area contributed by atoms with E-state index in [-0.39, 0.29) is 24.4 Å². The predicted octanol–water partition coefficient (Wildman–Crippen LogP) is 9.03.